The highest BCUT2D eigenvalue weighted by Crippen LogP contribution is 2.23. The minimum Gasteiger partial charge on any atom is -0.478 e. The van der Waals surface area contributed by atoms with E-state index in [0.29, 0.717) is 0 Å². The first-order chi connectivity index (χ1) is 9.81. The number of carbonyl (C=O) groups is 1. The van der Waals surface area contributed by atoms with Crippen LogP contribution in [0.2, 0.25) is 0 Å². The number of carboxylic acids is 1. The maximum absolute atomic E-state index is 13.7. The molecule has 0 atom stereocenters. The highest BCUT2D eigenvalue weighted by Gasteiger charge is 2.22. The summed E-state index contributed by atoms with van der Waals surface area (Å²) in [5.74, 6) is -1.76. The number of halogens is 1. The molecule has 0 saturated carbocycles. The molecular weight excluding hydrogens is 281 g/mol. The lowest BCUT2D eigenvalue weighted by Crippen LogP contribution is -2.08. The average molecular weight is 293 g/mol. The summed E-state index contributed by atoms with van der Waals surface area (Å²) in [4.78, 5) is 21.3. The minimum atomic E-state index is -1.17. The van der Waals surface area contributed by atoms with Crippen LogP contribution in [0.3, 0.4) is 0 Å². The maximum atomic E-state index is 13.7. The summed E-state index contributed by atoms with van der Waals surface area (Å²) in [6.07, 6.45) is 0. The van der Waals surface area contributed by atoms with E-state index in [2.05, 4.69) is 5.10 Å². The van der Waals surface area contributed by atoms with E-state index in [1.807, 2.05) is 0 Å². The van der Waals surface area contributed by atoms with E-state index in [1.54, 1.807) is 0 Å². The molecule has 110 valence electrons. The van der Waals surface area contributed by atoms with E-state index in [4.69, 9.17) is 5.11 Å². The SMILES string of the molecule is Cc1nn(Cc2cc(C(=O)O)ccc2F)c(C)c1[N+](=O)[O-]. The lowest BCUT2D eigenvalue weighted by atomic mass is 10.1. The third-order valence-corrected chi connectivity index (χ3v) is 3.14. The van der Waals surface area contributed by atoms with Gasteiger partial charge in [0.1, 0.15) is 17.2 Å². The zero-order chi connectivity index (χ0) is 15.7. The molecule has 2 aromatic rings. The van der Waals surface area contributed by atoms with E-state index >= 15 is 0 Å². The van der Waals surface area contributed by atoms with Crippen molar-refractivity contribution in [2.45, 2.75) is 20.4 Å². The summed E-state index contributed by atoms with van der Waals surface area (Å²) < 4.78 is 15.0. The fraction of sp³-hybridized carbons (Fsp3) is 0.231. The van der Waals surface area contributed by atoms with Gasteiger partial charge in [-0.15, -0.1) is 0 Å². The Kier molecular flexibility index (Phi) is 3.70. The van der Waals surface area contributed by atoms with Crippen LogP contribution in [-0.2, 0) is 6.54 Å². The van der Waals surface area contributed by atoms with Crippen molar-refractivity contribution >= 4 is 11.7 Å². The van der Waals surface area contributed by atoms with Crippen molar-refractivity contribution in [3.8, 4) is 0 Å². The van der Waals surface area contributed by atoms with Crippen molar-refractivity contribution in [3.63, 3.8) is 0 Å². The van der Waals surface area contributed by atoms with Crippen LogP contribution in [0.4, 0.5) is 10.1 Å². The highest BCUT2D eigenvalue weighted by atomic mass is 19.1. The first kappa shape index (κ1) is 14.6. The Bertz CT molecular complexity index is 739. The van der Waals surface area contributed by atoms with Crippen LogP contribution in [0, 0.1) is 29.8 Å². The predicted molar refractivity (Wildman–Crippen MR) is 70.8 cm³/mol. The molecule has 8 heteroatoms. The minimum absolute atomic E-state index is 0.0533. The number of nitro groups is 1. The van der Waals surface area contributed by atoms with Crippen LogP contribution in [0.1, 0.15) is 27.3 Å². The molecule has 21 heavy (non-hydrogen) atoms. The molecule has 0 amide bonds. The van der Waals surface area contributed by atoms with Crippen molar-refractivity contribution < 1.29 is 19.2 Å². The second kappa shape index (κ2) is 5.31. The summed E-state index contributed by atoms with van der Waals surface area (Å²) in [5.41, 5.74) is 0.451. The fourth-order valence-corrected chi connectivity index (χ4v) is 2.10. The molecule has 1 aromatic heterocycles. The number of hydrogen-bond acceptors (Lipinski definition) is 4. The average Bonchev–Trinajstić information content (AvgIpc) is 2.66. The van der Waals surface area contributed by atoms with E-state index < -0.39 is 16.7 Å². The van der Waals surface area contributed by atoms with Gasteiger partial charge in [-0.25, -0.2) is 9.18 Å². The fourth-order valence-electron chi connectivity index (χ4n) is 2.10. The van der Waals surface area contributed by atoms with Gasteiger partial charge >= 0.3 is 11.7 Å². The van der Waals surface area contributed by atoms with Gasteiger partial charge in [0.15, 0.2) is 0 Å². The quantitative estimate of drug-likeness (QED) is 0.688. The number of hydrogen-bond donors (Lipinski definition) is 1. The molecule has 0 unspecified atom stereocenters. The van der Waals surface area contributed by atoms with Gasteiger partial charge < -0.3 is 5.11 Å². The second-order valence-electron chi connectivity index (χ2n) is 4.55. The third-order valence-electron chi connectivity index (χ3n) is 3.14. The van der Waals surface area contributed by atoms with Crippen molar-refractivity contribution in [1.29, 1.82) is 0 Å². The van der Waals surface area contributed by atoms with Gasteiger partial charge in [-0.2, -0.15) is 5.10 Å². The Morgan fingerprint density at radius 3 is 2.67 bits per heavy atom. The molecule has 0 bridgehead atoms. The smallest absolute Gasteiger partial charge is 0.335 e. The molecule has 0 fully saturated rings. The van der Waals surface area contributed by atoms with Crippen LogP contribution in [-0.4, -0.2) is 25.8 Å². The van der Waals surface area contributed by atoms with E-state index in [1.165, 1.54) is 24.6 Å². The van der Waals surface area contributed by atoms with Gasteiger partial charge in [-0.05, 0) is 32.0 Å². The molecule has 1 N–H and O–H groups in total. The molecule has 0 aliphatic heterocycles. The Hall–Kier alpha value is -2.77. The molecule has 1 aromatic carbocycles. The van der Waals surface area contributed by atoms with Crippen LogP contribution in [0.25, 0.3) is 0 Å². The Morgan fingerprint density at radius 2 is 2.14 bits per heavy atom. The van der Waals surface area contributed by atoms with Crippen LogP contribution < -0.4 is 0 Å². The molecule has 0 spiro atoms. The number of aryl methyl sites for hydroxylation is 1. The van der Waals surface area contributed by atoms with E-state index in [0.717, 1.165) is 12.1 Å². The first-order valence-electron chi connectivity index (χ1n) is 6.01. The predicted octanol–water partition coefficient (Wildman–Crippen LogP) is 2.29. The molecular formula is C13H12FN3O4. The zero-order valence-electron chi connectivity index (χ0n) is 11.3. The molecule has 7 nitrogen and oxygen atoms in total. The second-order valence-corrected chi connectivity index (χ2v) is 4.55. The summed E-state index contributed by atoms with van der Waals surface area (Å²) in [6.45, 7) is 2.93. The standard InChI is InChI=1S/C13H12FN3O4/c1-7-12(17(20)21)8(2)16(15-7)6-10-5-9(13(18)19)3-4-11(10)14/h3-5H,6H2,1-2H3,(H,18,19). The highest BCUT2D eigenvalue weighted by molar-refractivity contribution is 5.87. The van der Waals surface area contributed by atoms with Crippen LogP contribution in [0.5, 0.6) is 0 Å². The lowest BCUT2D eigenvalue weighted by molar-refractivity contribution is -0.386. The molecule has 0 aliphatic rings. The Balaban J connectivity index is 2.43. The van der Waals surface area contributed by atoms with Gasteiger partial charge in [0.2, 0.25) is 0 Å². The van der Waals surface area contributed by atoms with Gasteiger partial charge in [0.25, 0.3) is 0 Å². The van der Waals surface area contributed by atoms with Crippen molar-refractivity contribution in [3.05, 3.63) is 56.6 Å². The molecule has 0 radical (unpaired) electrons. The van der Waals surface area contributed by atoms with Gasteiger partial charge in [-0.1, -0.05) is 0 Å². The van der Waals surface area contributed by atoms with Gasteiger partial charge in [0, 0.05) is 5.56 Å². The Morgan fingerprint density at radius 1 is 1.48 bits per heavy atom. The number of carboxylic acid groups (broad SMARTS) is 1. The summed E-state index contributed by atoms with van der Waals surface area (Å²) >= 11 is 0. The third kappa shape index (κ3) is 2.73. The monoisotopic (exact) mass is 293 g/mol. The topological polar surface area (TPSA) is 98.3 Å². The summed E-state index contributed by atoms with van der Waals surface area (Å²) in [5, 5.41) is 23.8. The van der Waals surface area contributed by atoms with Crippen LogP contribution in [0.15, 0.2) is 18.2 Å². The Labute approximate surface area is 118 Å². The summed E-state index contributed by atoms with van der Waals surface area (Å²) in [6, 6.07) is 3.41. The number of benzene rings is 1. The molecule has 0 saturated heterocycles. The lowest BCUT2D eigenvalue weighted by Gasteiger charge is -2.06. The van der Waals surface area contributed by atoms with Gasteiger partial charge in [-0.3, -0.25) is 14.8 Å². The van der Waals surface area contributed by atoms with E-state index in [9.17, 15) is 19.3 Å². The number of aromatic carboxylic acids is 1. The molecule has 1 heterocycles. The largest absolute Gasteiger partial charge is 0.478 e. The van der Waals surface area contributed by atoms with Crippen molar-refractivity contribution in [1.82, 2.24) is 9.78 Å². The molecule has 2 rings (SSSR count). The van der Waals surface area contributed by atoms with Crippen molar-refractivity contribution in [2.75, 3.05) is 0 Å². The number of rotatable bonds is 4. The number of aromatic nitrogens is 2. The normalized spacial score (nSPS) is 10.6. The van der Waals surface area contributed by atoms with Crippen molar-refractivity contribution in [2.24, 2.45) is 0 Å². The number of nitrogens with zero attached hydrogens (tertiary/aromatic N) is 3. The molecule has 0 aliphatic carbocycles. The first-order valence-corrected chi connectivity index (χ1v) is 6.01. The summed E-state index contributed by atoms with van der Waals surface area (Å²) in [7, 11) is 0. The zero-order valence-corrected chi connectivity index (χ0v) is 11.3. The van der Waals surface area contributed by atoms with Gasteiger partial charge in [0.05, 0.1) is 17.0 Å². The van der Waals surface area contributed by atoms with Crippen LogP contribution >= 0.6 is 0 Å². The maximum Gasteiger partial charge on any atom is 0.335 e. The van der Waals surface area contributed by atoms with E-state index in [-0.39, 0.29) is 34.7 Å².